The topological polar surface area (TPSA) is 102 Å². The number of amides is 3. The molecule has 32 heavy (non-hydrogen) atoms. The van der Waals surface area contributed by atoms with Crippen molar-refractivity contribution < 1.29 is 37.4 Å². The third-order valence-corrected chi connectivity index (χ3v) is 5.05. The zero-order chi connectivity index (χ0) is 23.3. The van der Waals surface area contributed by atoms with Crippen LogP contribution in [0.2, 0.25) is 0 Å². The number of ether oxygens (including phenoxy) is 2. The van der Waals surface area contributed by atoms with E-state index in [0.717, 1.165) is 17.0 Å². The van der Waals surface area contributed by atoms with Gasteiger partial charge in [0.05, 0.1) is 17.7 Å². The van der Waals surface area contributed by atoms with Gasteiger partial charge in [0.25, 0.3) is 11.1 Å². The highest BCUT2D eigenvalue weighted by atomic mass is 32.2. The van der Waals surface area contributed by atoms with Gasteiger partial charge in [-0.3, -0.25) is 19.3 Å². The van der Waals surface area contributed by atoms with Crippen LogP contribution in [0.4, 0.5) is 19.3 Å². The molecule has 1 aliphatic rings. The lowest BCUT2D eigenvalue weighted by molar-refractivity contribution is -0.142. The first kappa shape index (κ1) is 22.9. The Balaban J connectivity index is 1.63. The highest BCUT2D eigenvalue weighted by Crippen LogP contribution is 2.32. The second kappa shape index (κ2) is 10.1. The smallest absolute Gasteiger partial charge is 0.343 e. The molecule has 1 heterocycles. The van der Waals surface area contributed by atoms with Gasteiger partial charge in [-0.1, -0.05) is 12.1 Å². The zero-order valence-corrected chi connectivity index (χ0v) is 17.4. The molecule has 0 unspecified atom stereocenters. The quantitative estimate of drug-likeness (QED) is 0.498. The van der Waals surface area contributed by atoms with Gasteiger partial charge in [0.15, 0.2) is 6.61 Å². The van der Waals surface area contributed by atoms with Gasteiger partial charge in [-0.05, 0) is 47.7 Å². The lowest BCUT2D eigenvalue weighted by Gasteiger charge is -2.12. The largest absolute Gasteiger partial charge is 0.482 e. The Kier molecular flexibility index (Phi) is 7.21. The van der Waals surface area contributed by atoms with Gasteiger partial charge >= 0.3 is 5.97 Å². The first-order chi connectivity index (χ1) is 15.3. The number of nitrogens with one attached hydrogen (secondary N) is 1. The maximum atomic E-state index is 13.7. The number of nitrogens with zero attached hydrogens (tertiary/aromatic N) is 1. The summed E-state index contributed by atoms with van der Waals surface area (Å²) in [6.07, 6.45) is 1.46. The van der Waals surface area contributed by atoms with Crippen molar-refractivity contribution in [2.24, 2.45) is 0 Å². The molecule has 2 aromatic carbocycles. The summed E-state index contributed by atoms with van der Waals surface area (Å²) in [6.45, 7) is -0.877. The average Bonchev–Trinajstić information content (AvgIpc) is 3.02. The summed E-state index contributed by atoms with van der Waals surface area (Å²) in [6, 6.07) is 8.98. The molecule has 166 valence electrons. The van der Waals surface area contributed by atoms with Crippen LogP contribution in [-0.4, -0.2) is 48.2 Å². The lowest BCUT2D eigenvalue weighted by Crippen LogP contribution is -2.36. The Bertz CT molecular complexity index is 1100. The van der Waals surface area contributed by atoms with Gasteiger partial charge in [-0.15, -0.1) is 0 Å². The van der Waals surface area contributed by atoms with Crippen LogP contribution in [0, 0.1) is 11.6 Å². The number of anilines is 1. The summed E-state index contributed by atoms with van der Waals surface area (Å²) in [7, 11) is 1.24. The number of imide groups is 1. The van der Waals surface area contributed by atoms with Crippen LogP contribution in [0.25, 0.3) is 6.08 Å². The molecule has 1 N–H and O–H groups in total. The minimum Gasteiger partial charge on any atom is -0.482 e. The van der Waals surface area contributed by atoms with Crippen LogP contribution in [0.15, 0.2) is 47.4 Å². The summed E-state index contributed by atoms with van der Waals surface area (Å²) in [5.74, 6) is -3.41. The van der Waals surface area contributed by atoms with Crippen molar-refractivity contribution in [2.75, 3.05) is 25.6 Å². The molecule has 0 saturated carbocycles. The molecule has 1 saturated heterocycles. The minimum atomic E-state index is -0.980. The molecule has 1 fully saturated rings. The number of benzene rings is 2. The number of esters is 1. The number of carbonyl (C=O) groups is 4. The van der Waals surface area contributed by atoms with Gasteiger partial charge in [0.1, 0.15) is 23.9 Å². The summed E-state index contributed by atoms with van der Waals surface area (Å²) in [5, 5.41) is 1.54. The molecule has 3 amide bonds. The fourth-order valence-corrected chi connectivity index (χ4v) is 3.41. The standard InChI is InChI=1S/C21H16F2N2O6S/c1-30-19(27)11-31-14-5-2-12(3-6-14)8-17-20(28)25(21(29)32-17)10-18(26)24-16-7-4-13(22)9-15(16)23/h2-9H,10-11H2,1H3,(H,24,26). The van der Waals surface area contributed by atoms with Gasteiger partial charge in [0, 0.05) is 6.07 Å². The molecule has 0 bridgehead atoms. The number of hydrogen-bond acceptors (Lipinski definition) is 7. The molecule has 8 nitrogen and oxygen atoms in total. The fraction of sp³-hybridized carbons (Fsp3) is 0.143. The van der Waals surface area contributed by atoms with Gasteiger partial charge in [-0.25, -0.2) is 13.6 Å². The van der Waals surface area contributed by atoms with Crippen molar-refractivity contribution in [1.82, 2.24) is 4.90 Å². The van der Waals surface area contributed by atoms with Crippen molar-refractivity contribution in [3.63, 3.8) is 0 Å². The maximum Gasteiger partial charge on any atom is 0.343 e. The van der Waals surface area contributed by atoms with Crippen molar-refractivity contribution >= 4 is 46.5 Å². The number of rotatable bonds is 7. The number of methoxy groups -OCH3 is 1. The van der Waals surface area contributed by atoms with E-state index in [1.54, 1.807) is 24.3 Å². The molecule has 2 aromatic rings. The van der Waals surface area contributed by atoms with E-state index in [2.05, 4.69) is 10.1 Å². The molecule has 0 spiro atoms. The highest BCUT2D eigenvalue weighted by Gasteiger charge is 2.36. The molecule has 0 atom stereocenters. The Labute approximate surface area is 185 Å². The van der Waals surface area contributed by atoms with Crippen LogP contribution < -0.4 is 10.1 Å². The molecular weight excluding hydrogens is 446 g/mol. The number of thioether (sulfide) groups is 1. The third kappa shape index (κ3) is 5.70. The normalized spacial score (nSPS) is 14.6. The lowest BCUT2D eigenvalue weighted by atomic mass is 10.2. The molecule has 11 heteroatoms. The van der Waals surface area contributed by atoms with Gasteiger partial charge < -0.3 is 14.8 Å². The van der Waals surface area contributed by atoms with Crippen LogP contribution in [0.1, 0.15) is 5.56 Å². The monoisotopic (exact) mass is 462 g/mol. The first-order valence-electron chi connectivity index (χ1n) is 9.07. The van der Waals surface area contributed by atoms with E-state index in [1.807, 2.05) is 0 Å². The van der Waals surface area contributed by atoms with Crippen molar-refractivity contribution in [3.8, 4) is 5.75 Å². The average molecular weight is 462 g/mol. The van der Waals surface area contributed by atoms with Crippen molar-refractivity contribution in [1.29, 1.82) is 0 Å². The number of hydrogen-bond donors (Lipinski definition) is 1. The highest BCUT2D eigenvalue weighted by molar-refractivity contribution is 8.18. The van der Waals surface area contributed by atoms with E-state index in [0.29, 0.717) is 29.1 Å². The first-order valence-corrected chi connectivity index (χ1v) is 9.88. The number of carbonyl (C=O) groups excluding carboxylic acids is 4. The Morgan fingerprint density at radius 2 is 1.84 bits per heavy atom. The van der Waals surface area contributed by atoms with Crippen LogP contribution in [0.5, 0.6) is 5.75 Å². The molecular formula is C21H16F2N2O6S. The SMILES string of the molecule is COC(=O)COc1ccc(C=C2SC(=O)N(CC(=O)Nc3ccc(F)cc3F)C2=O)cc1. The predicted molar refractivity (Wildman–Crippen MR) is 112 cm³/mol. The van der Waals surface area contributed by atoms with Gasteiger partial charge in [0.2, 0.25) is 5.91 Å². The molecule has 0 aliphatic carbocycles. The summed E-state index contributed by atoms with van der Waals surface area (Å²) >= 11 is 0.654. The number of halogens is 2. The van der Waals surface area contributed by atoms with Crippen LogP contribution >= 0.6 is 11.8 Å². The fourth-order valence-electron chi connectivity index (χ4n) is 2.57. The second-order valence-corrected chi connectivity index (χ2v) is 7.37. The minimum absolute atomic E-state index is 0.0963. The van der Waals surface area contributed by atoms with E-state index >= 15 is 0 Å². The van der Waals surface area contributed by atoms with E-state index in [-0.39, 0.29) is 17.2 Å². The molecule has 3 rings (SSSR count). The van der Waals surface area contributed by atoms with Gasteiger partial charge in [-0.2, -0.15) is 0 Å². The third-order valence-electron chi connectivity index (χ3n) is 4.14. The Morgan fingerprint density at radius 3 is 2.50 bits per heavy atom. The van der Waals surface area contributed by atoms with E-state index in [1.165, 1.54) is 13.2 Å². The molecule has 0 aromatic heterocycles. The van der Waals surface area contributed by atoms with E-state index < -0.39 is 41.2 Å². The second-order valence-electron chi connectivity index (χ2n) is 6.37. The summed E-state index contributed by atoms with van der Waals surface area (Å²) in [4.78, 5) is 48.8. The van der Waals surface area contributed by atoms with E-state index in [9.17, 15) is 28.0 Å². The van der Waals surface area contributed by atoms with Crippen molar-refractivity contribution in [2.45, 2.75) is 0 Å². The molecule has 1 aliphatic heterocycles. The Hall–Kier alpha value is -3.73. The maximum absolute atomic E-state index is 13.7. The van der Waals surface area contributed by atoms with Crippen LogP contribution in [-0.2, 0) is 19.1 Å². The predicted octanol–water partition coefficient (Wildman–Crippen LogP) is 3.19. The summed E-state index contributed by atoms with van der Waals surface area (Å²) in [5.41, 5.74) is 0.312. The van der Waals surface area contributed by atoms with Crippen molar-refractivity contribution in [3.05, 3.63) is 64.6 Å². The molecule has 0 radical (unpaired) electrons. The zero-order valence-electron chi connectivity index (χ0n) is 16.6. The van der Waals surface area contributed by atoms with E-state index in [4.69, 9.17) is 4.74 Å². The van der Waals surface area contributed by atoms with Crippen LogP contribution in [0.3, 0.4) is 0 Å². The summed E-state index contributed by atoms with van der Waals surface area (Å²) < 4.78 is 36.3. The Morgan fingerprint density at radius 1 is 1.12 bits per heavy atom.